The minimum atomic E-state index is -0.725. The van der Waals surface area contributed by atoms with Crippen LogP contribution in [-0.2, 0) is 0 Å². The van der Waals surface area contributed by atoms with Gasteiger partial charge >= 0.3 is 0 Å². The van der Waals surface area contributed by atoms with E-state index in [0.717, 1.165) is 29.7 Å². The van der Waals surface area contributed by atoms with Crippen molar-refractivity contribution in [1.29, 1.82) is 0 Å². The van der Waals surface area contributed by atoms with E-state index in [-0.39, 0.29) is 12.5 Å². The highest BCUT2D eigenvalue weighted by Gasteiger charge is 2.17. The van der Waals surface area contributed by atoms with E-state index in [0.29, 0.717) is 11.7 Å². The van der Waals surface area contributed by atoms with Crippen LogP contribution >= 0.6 is 0 Å². The van der Waals surface area contributed by atoms with Crippen LogP contribution in [0, 0.1) is 13.8 Å². The highest BCUT2D eigenvalue weighted by atomic mass is 16.3. The van der Waals surface area contributed by atoms with Gasteiger partial charge < -0.3 is 10.4 Å². The molecule has 5 heteroatoms. The minimum Gasteiger partial charge on any atom is -0.387 e. The number of aliphatic hydroxyl groups excluding tert-OH is 1. The predicted octanol–water partition coefficient (Wildman–Crippen LogP) is 3.32. The lowest BCUT2D eigenvalue weighted by molar-refractivity contribution is 0.0910. The molecule has 5 nitrogen and oxygen atoms in total. The normalized spacial score (nSPS) is 12.4. The number of benzene rings is 1. The van der Waals surface area contributed by atoms with Gasteiger partial charge in [-0.1, -0.05) is 43.7 Å². The molecule has 0 saturated carbocycles. The molecule has 1 heterocycles. The molecule has 2 rings (SSSR count). The summed E-state index contributed by atoms with van der Waals surface area (Å²) in [7, 11) is 0. The molecule has 0 bridgehead atoms. The lowest BCUT2D eigenvalue weighted by atomic mass is 10.1. The molecule has 24 heavy (non-hydrogen) atoms. The molecule has 0 aliphatic rings. The van der Waals surface area contributed by atoms with Crippen LogP contribution in [0.1, 0.15) is 66.1 Å². The summed E-state index contributed by atoms with van der Waals surface area (Å²) < 4.78 is 1.92. The molecule has 0 spiro atoms. The van der Waals surface area contributed by atoms with Gasteiger partial charge in [-0.15, -0.1) is 0 Å². The van der Waals surface area contributed by atoms with Crippen molar-refractivity contribution in [3.63, 3.8) is 0 Å². The lowest BCUT2D eigenvalue weighted by Gasteiger charge is -2.15. The summed E-state index contributed by atoms with van der Waals surface area (Å²) in [4.78, 5) is 12.3. The summed E-state index contributed by atoms with van der Waals surface area (Å²) in [6.45, 7) is 8.36. The topological polar surface area (TPSA) is 67.2 Å². The van der Waals surface area contributed by atoms with Gasteiger partial charge in [0.25, 0.3) is 5.91 Å². The second-order valence-corrected chi connectivity index (χ2v) is 6.22. The maximum atomic E-state index is 12.3. The number of amides is 1. The molecule has 2 N–H and O–H groups in total. The number of aryl methyl sites for hydroxylation is 2. The molecule has 0 aliphatic heterocycles. The summed E-state index contributed by atoms with van der Waals surface area (Å²) in [5.41, 5.74) is 3.31. The standard InChI is InChI=1S/C19H27N3O2/c1-5-16(6-2)22-14(4)11-17(21-22)19(24)20-12-18(23)15-9-7-13(3)8-10-15/h7-11,16,18,23H,5-6,12H2,1-4H3,(H,20,24). The smallest absolute Gasteiger partial charge is 0.271 e. The van der Waals surface area contributed by atoms with Crippen molar-refractivity contribution in [2.45, 2.75) is 52.7 Å². The molecule has 0 fully saturated rings. The van der Waals surface area contributed by atoms with Crippen LogP contribution in [0.2, 0.25) is 0 Å². The number of rotatable bonds is 7. The molecule has 1 aromatic carbocycles. The second kappa shape index (κ2) is 8.11. The van der Waals surface area contributed by atoms with Crippen molar-refractivity contribution in [3.8, 4) is 0 Å². The zero-order valence-electron chi connectivity index (χ0n) is 14.9. The van der Waals surface area contributed by atoms with Crippen LogP contribution in [0.25, 0.3) is 0 Å². The maximum Gasteiger partial charge on any atom is 0.271 e. The summed E-state index contributed by atoms with van der Waals surface area (Å²) >= 11 is 0. The van der Waals surface area contributed by atoms with Gasteiger partial charge in [0.05, 0.1) is 12.1 Å². The quantitative estimate of drug-likeness (QED) is 0.819. The van der Waals surface area contributed by atoms with Crippen molar-refractivity contribution in [2.75, 3.05) is 6.54 Å². The third-order valence-corrected chi connectivity index (χ3v) is 4.36. The number of nitrogens with zero attached hydrogens (tertiary/aromatic N) is 2. The molecule has 1 amide bonds. The van der Waals surface area contributed by atoms with E-state index in [1.54, 1.807) is 6.07 Å². The SMILES string of the molecule is CCC(CC)n1nc(C(=O)NCC(O)c2ccc(C)cc2)cc1C. The maximum absolute atomic E-state index is 12.3. The van der Waals surface area contributed by atoms with Gasteiger partial charge in [0.1, 0.15) is 5.69 Å². The first-order valence-corrected chi connectivity index (χ1v) is 8.55. The third kappa shape index (κ3) is 4.23. The van der Waals surface area contributed by atoms with Crippen molar-refractivity contribution in [2.24, 2.45) is 0 Å². The van der Waals surface area contributed by atoms with E-state index in [9.17, 15) is 9.90 Å². The van der Waals surface area contributed by atoms with E-state index >= 15 is 0 Å². The number of aromatic nitrogens is 2. The Morgan fingerprint density at radius 3 is 2.42 bits per heavy atom. The van der Waals surface area contributed by atoms with Crippen LogP contribution in [0.3, 0.4) is 0 Å². The summed E-state index contributed by atoms with van der Waals surface area (Å²) in [6, 6.07) is 9.74. The number of carbonyl (C=O) groups is 1. The van der Waals surface area contributed by atoms with Gasteiger partial charge in [0.2, 0.25) is 0 Å². The van der Waals surface area contributed by atoms with Gasteiger partial charge in [-0.2, -0.15) is 5.10 Å². The Labute approximate surface area is 143 Å². The van der Waals surface area contributed by atoms with Crippen molar-refractivity contribution < 1.29 is 9.90 Å². The average molecular weight is 329 g/mol. The average Bonchev–Trinajstić information content (AvgIpc) is 2.96. The van der Waals surface area contributed by atoms with Gasteiger partial charge in [-0.05, 0) is 38.3 Å². The van der Waals surface area contributed by atoms with E-state index in [2.05, 4.69) is 24.3 Å². The van der Waals surface area contributed by atoms with Crippen LogP contribution in [-0.4, -0.2) is 27.3 Å². The number of nitrogens with one attached hydrogen (secondary N) is 1. The molecular formula is C19H27N3O2. The molecule has 1 atom stereocenters. The number of aliphatic hydroxyl groups is 1. The zero-order valence-corrected chi connectivity index (χ0v) is 14.9. The Bertz CT molecular complexity index is 672. The Balaban J connectivity index is 2.00. The van der Waals surface area contributed by atoms with E-state index in [1.165, 1.54) is 0 Å². The Morgan fingerprint density at radius 2 is 1.83 bits per heavy atom. The first kappa shape index (κ1) is 18.2. The molecule has 0 saturated heterocycles. The molecule has 2 aromatic rings. The summed E-state index contributed by atoms with van der Waals surface area (Å²) in [5.74, 6) is -0.256. The Hall–Kier alpha value is -2.14. The van der Waals surface area contributed by atoms with Gasteiger partial charge in [-0.3, -0.25) is 9.48 Å². The molecule has 1 aromatic heterocycles. The molecule has 130 valence electrons. The number of hydrogen-bond acceptors (Lipinski definition) is 3. The molecule has 0 radical (unpaired) electrons. The monoisotopic (exact) mass is 329 g/mol. The van der Waals surface area contributed by atoms with Crippen molar-refractivity contribution >= 4 is 5.91 Å². The van der Waals surface area contributed by atoms with Gasteiger partial charge in [-0.25, -0.2) is 0 Å². The van der Waals surface area contributed by atoms with Crippen molar-refractivity contribution in [3.05, 3.63) is 52.8 Å². The summed E-state index contributed by atoms with van der Waals surface area (Å²) in [5, 5.41) is 17.4. The zero-order chi connectivity index (χ0) is 17.7. The van der Waals surface area contributed by atoms with Crippen molar-refractivity contribution in [1.82, 2.24) is 15.1 Å². The molecular weight excluding hydrogens is 302 g/mol. The second-order valence-electron chi connectivity index (χ2n) is 6.22. The Morgan fingerprint density at radius 1 is 1.21 bits per heavy atom. The highest BCUT2D eigenvalue weighted by molar-refractivity contribution is 5.92. The summed E-state index contributed by atoms with van der Waals surface area (Å²) in [6.07, 6.45) is 1.23. The fourth-order valence-corrected chi connectivity index (χ4v) is 2.79. The molecule has 0 aliphatic carbocycles. The van der Waals surface area contributed by atoms with E-state index < -0.39 is 6.10 Å². The van der Waals surface area contributed by atoms with Crippen LogP contribution in [0.5, 0.6) is 0 Å². The first-order chi connectivity index (χ1) is 11.5. The van der Waals surface area contributed by atoms with Crippen LogP contribution in [0.4, 0.5) is 0 Å². The minimum absolute atomic E-state index is 0.165. The van der Waals surface area contributed by atoms with E-state index in [4.69, 9.17) is 0 Å². The van der Waals surface area contributed by atoms with E-state index in [1.807, 2.05) is 42.8 Å². The molecule has 1 unspecified atom stereocenters. The number of carbonyl (C=O) groups excluding carboxylic acids is 1. The third-order valence-electron chi connectivity index (χ3n) is 4.36. The predicted molar refractivity (Wildman–Crippen MR) is 95.1 cm³/mol. The first-order valence-electron chi connectivity index (χ1n) is 8.55. The number of hydrogen-bond donors (Lipinski definition) is 2. The van der Waals surface area contributed by atoms with Gasteiger partial charge in [0.15, 0.2) is 0 Å². The fourth-order valence-electron chi connectivity index (χ4n) is 2.79. The fraction of sp³-hybridized carbons (Fsp3) is 0.474. The largest absolute Gasteiger partial charge is 0.387 e. The van der Waals surface area contributed by atoms with Crippen LogP contribution in [0.15, 0.2) is 30.3 Å². The van der Waals surface area contributed by atoms with Crippen LogP contribution < -0.4 is 5.32 Å². The highest BCUT2D eigenvalue weighted by Crippen LogP contribution is 2.18. The lowest BCUT2D eigenvalue weighted by Crippen LogP contribution is -2.29. The van der Waals surface area contributed by atoms with Gasteiger partial charge in [0, 0.05) is 12.2 Å². The Kier molecular flexibility index (Phi) is 6.15.